The highest BCUT2D eigenvalue weighted by Gasteiger charge is 2.20. The van der Waals surface area contributed by atoms with Crippen LogP contribution in [0.4, 0.5) is 4.79 Å². The van der Waals surface area contributed by atoms with Gasteiger partial charge in [-0.1, -0.05) is 0 Å². The van der Waals surface area contributed by atoms with Crippen LogP contribution in [0.5, 0.6) is 0 Å². The van der Waals surface area contributed by atoms with Crippen LogP contribution >= 0.6 is 0 Å². The van der Waals surface area contributed by atoms with Gasteiger partial charge >= 0.3 is 18.0 Å². The molecule has 0 fully saturated rings. The number of rotatable bonds is 12. The second-order valence-corrected chi connectivity index (χ2v) is 5.61. The smallest absolute Gasteiger partial charge is 0.326 e. The van der Waals surface area contributed by atoms with Gasteiger partial charge in [0.25, 0.3) is 5.91 Å². The van der Waals surface area contributed by atoms with Gasteiger partial charge in [-0.05, 0) is 31.7 Å². The summed E-state index contributed by atoms with van der Waals surface area (Å²) in [4.78, 5) is 52.4. The maximum Gasteiger partial charge on any atom is 0.326 e. The molecular formula is C16H23N5O6. The van der Waals surface area contributed by atoms with Gasteiger partial charge in [0.2, 0.25) is 5.82 Å². The van der Waals surface area contributed by atoms with Crippen molar-refractivity contribution in [3.63, 3.8) is 0 Å². The minimum Gasteiger partial charge on any atom is -0.481 e. The summed E-state index contributed by atoms with van der Waals surface area (Å²) < 4.78 is 0. The molecule has 0 saturated carbocycles. The Morgan fingerprint density at radius 1 is 0.963 bits per heavy atom. The predicted octanol–water partition coefficient (Wildman–Crippen LogP) is -0.00610. The van der Waals surface area contributed by atoms with Crippen molar-refractivity contribution in [2.45, 2.75) is 38.1 Å². The maximum atomic E-state index is 11.7. The fourth-order valence-electron chi connectivity index (χ4n) is 2.06. The summed E-state index contributed by atoms with van der Waals surface area (Å²) in [6.45, 7) is 0.770. The molecule has 0 aliphatic rings. The molecular weight excluding hydrogens is 358 g/mol. The highest BCUT2D eigenvalue weighted by Crippen LogP contribution is 1.98. The second-order valence-electron chi connectivity index (χ2n) is 5.61. The van der Waals surface area contributed by atoms with Crippen molar-refractivity contribution in [3.05, 3.63) is 24.3 Å². The number of hydrogen-bond acceptors (Lipinski definition) is 6. The Bertz CT molecular complexity index is 639. The van der Waals surface area contributed by atoms with E-state index >= 15 is 0 Å². The van der Waals surface area contributed by atoms with Crippen LogP contribution < -0.4 is 16.0 Å². The number of nitrogens with one attached hydrogen (secondary N) is 3. The molecule has 1 heterocycles. The van der Waals surface area contributed by atoms with Crippen LogP contribution in [0, 0.1) is 0 Å². The van der Waals surface area contributed by atoms with Gasteiger partial charge in [0.05, 0.1) is 0 Å². The largest absolute Gasteiger partial charge is 0.481 e. The molecule has 27 heavy (non-hydrogen) atoms. The third-order valence-electron chi connectivity index (χ3n) is 3.44. The molecule has 1 atom stereocenters. The van der Waals surface area contributed by atoms with Crippen LogP contribution in [-0.2, 0) is 9.59 Å². The third-order valence-corrected chi connectivity index (χ3v) is 3.44. The van der Waals surface area contributed by atoms with Gasteiger partial charge in [-0.25, -0.2) is 19.6 Å². The van der Waals surface area contributed by atoms with Crippen molar-refractivity contribution >= 4 is 23.9 Å². The first-order chi connectivity index (χ1) is 12.9. The Morgan fingerprint density at radius 2 is 1.59 bits per heavy atom. The normalized spacial score (nSPS) is 11.3. The molecule has 0 unspecified atom stereocenters. The second kappa shape index (κ2) is 12.2. The van der Waals surface area contributed by atoms with E-state index in [4.69, 9.17) is 10.2 Å². The molecule has 3 amide bonds. The summed E-state index contributed by atoms with van der Waals surface area (Å²) in [6.07, 6.45) is 4.48. The van der Waals surface area contributed by atoms with Crippen LogP contribution in [0.3, 0.4) is 0 Å². The number of unbranched alkanes of at least 4 members (excludes halogenated alkanes) is 2. The summed E-state index contributed by atoms with van der Waals surface area (Å²) in [7, 11) is 0. The monoisotopic (exact) mass is 381 g/mol. The van der Waals surface area contributed by atoms with E-state index < -0.39 is 24.0 Å². The van der Waals surface area contributed by atoms with Gasteiger partial charge in [0.15, 0.2) is 0 Å². The fourth-order valence-corrected chi connectivity index (χ4v) is 2.06. The lowest BCUT2D eigenvalue weighted by molar-refractivity contribution is -0.140. The van der Waals surface area contributed by atoms with Gasteiger partial charge < -0.3 is 26.2 Å². The van der Waals surface area contributed by atoms with Crippen molar-refractivity contribution in [2.75, 3.05) is 13.1 Å². The SMILES string of the molecule is O=C(O)CC[C@H](NC(=O)NCCCCCNC(=O)c1ncccn1)C(=O)O. The molecule has 11 nitrogen and oxygen atoms in total. The topological polar surface area (TPSA) is 171 Å². The zero-order valence-corrected chi connectivity index (χ0v) is 14.7. The number of amides is 3. The van der Waals surface area contributed by atoms with Crippen LogP contribution in [-0.4, -0.2) is 63.2 Å². The molecule has 11 heteroatoms. The van der Waals surface area contributed by atoms with Crippen LogP contribution in [0.25, 0.3) is 0 Å². The Morgan fingerprint density at radius 3 is 2.19 bits per heavy atom. The molecule has 0 aliphatic heterocycles. The van der Waals surface area contributed by atoms with E-state index in [-0.39, 0.29) is 24.6 Å². The molecule has 0 aliphatic carbocycles. The molecule has 0 spiro atoms. The molecule has 0 aromatic carbocycles. The van der Waals surface area contributed by atoms with Crippen LogP contribution in [0.15, 0.2) is 18.5 Å². The first-order valence-electron chi connectivity index (χ1n) is 8.44. The van der Waals surface area contributed by atoms with E-state index in [1.807, 2.05) is 0 Å². The summed E-state index contributed by atoms with van der Waals surface area (Å²) in [5.74, 6) is -2.67. The molecule has 1 aromatic rings. The molecule has 0 radical (unpaired) electrons. The lowest BCUT2D eigenvalue weighted by Gasteiger charge is -2.14. The minimum atomic E-state index is -1.29. The molecule has 1 aromatic heterocycles. The lowest BCUT2D eigenvalue weighted by atomic mass is 10.1. The standard InChI is InChI=1S/C16H23N5O6/c22-12(23)6-5-11(15(25)26)21-16(27)20-8-3-1-2-7-19-14(24)13-17-9-4-10-18-13/h4,9-11H,1-3,5-8H2,(H,19,24)(H,22,23)(H,25,26)(H2,20,21,27)/t11-/m0/s1. The summed E-state index contributed by atoms with van der Waals surface area (Å²) >= 11 is 0. The number of nitrogens with zero attached hydrogens (tertiary/aromatic N) is 2. The first-order valence-corrected chi connectivity index (χ1v) is 8.44. The number of carbonyl (C=O) groups is 4. The van der Waals surface area contributed by atoms with Crippen molar-refractivity contribution < 1.29 is 29.4 Å². The van der Waals surface area contributed by atoms with Gasteiger partial charge in [0, 0.05) is 31.9 Å². The molecule has 1 rings (SSSR count). The Kier molecular flexibility index (Phi) is 9.83. The van der Waals surface area contributed by atoms with Crippen molar-refractivity contribution in [1.29, 1.82) is 0 Å². The molecule has 0 bridgehead atoms. The van der Waals surface area contributed by atoms with E-state index in [1.54, 1.807) is 6.07 Å². The number of carboxylic acid groups (broad SMARTS) is 2. The quantitative estimate of drug-likeness (QED) is 0.315. The average molecular weight is 381 g/mol. The van der Waals surface area contributed by atoms with E-state index in [2.05, 4.69) is 25.9 Å². The number of aromatic nitrogens is 2. The summed E-state index contributed by atoms with van der Waals surface area (Å²) in [5, 5.41) is 24.9. The molecule has 148 valence electrons. The number of aliphatic carboxylic acids is 2. The summed E-state index contributed by atoms with van der Waals surface area (Å²) in [6, 6.07) is -0.302. The number of carbonyl (C=O) groups excluding carboxylic acids is 2. The van der Waals surface area contributed by atoms with E-state index in [1.165, 1.54) is 12.4 Å². The zero-order chi connectivity index (χ0) is 20.1. The first kappa shape index (κ1) is 21.8. The van der Waals surface area contributed by atoms with Gasteiger partial charge in [0.1, 0.15) is 6.04 Å². The zero-order valence-electron chi connectivity index (χ0n) is 14.7. The summed E-state index contributed by atoms with van der Waals surface area (Å²) in [5.41, 5.74) is 0. The van der Waals surface area contributed by atoms with Gasteiger partial charge in [-0.3, -0.25) is 9.59 Å². The number of carboxylic acids is 2. The number of urea groups is 1. The van der Waals surface area contributed by atoms with Gasteiger partial charge in [-0.2, -0.15) is 0 Å². The van der Waals surface area contributed by atoms with Crippen molar-refractivity contribution in [3.8, 4) is 0 Å². The Labute approximate surface area is 155 Å². The van der Waals surface area contributed by atoms with E-state index in [0.717, 1.165) is 6.42 Å². The lowest BCUT2D eigenvalue weighted by Crippen LogP contribution is -2.46. The fraction of sp³-hybridized carbons (Fsp3) is 0.500. The molecule has 5 N–H and O–H groups in total. The van der Waals surface area contributed by atoms with Crippen molar-refractivity contribution in [1.82, 2.24) is 25.9 Å². The Hall–Kier alpha value is -3.24. The van der Waals surface area contributed by atoms with Crippen LogP contribution in [0.1, 0.15) is 42.7 Å². The van der Waals surface area contributed by atoms with Gasteiger partial charge in [-0.15, -0.1) is 0 Å². The third kappa shape index (κ3) is 9.72. The minimum absolute atomic E-state index is 0.103. The van der Waals surface area contributed by atoms with Crippen molar-refractivity contribution in [2.24, 2.45) is 0 Å². The number of hydrogen-bond donors (Lipinski definition) is 5. The molecule has 0 saturated heterocycles. The maximum absolute atomic E-state index is 11.7. The van der Waals surface area contributed by atoms with E-state index in [9.17, 15) is 19.2 Å². The average Bonchev–Trinajstić information content (AvgIpc) is 2.64. The highest BCUT2D eigenvalue weighted by atomic mass is 16.4. The predicted molar refractivity (Wildman–Crippen MR) is 93.0 cm³/mol. The van der Waals surface area contributed by atoms with E-state index in [0.29, 0.717) is 25.9 Å². The Balaban J connectivity index is 2.11. The van der Waals surface area contributed by atoms with Crippen LogP contribution in [0.2, 0.25) is 0 Å². The highest BCUT2D eigenvalue weighted by molar-refractivity contribution is 5.90.